The van der Waals surface area contributed by atoms with Crippen LogP contribution in [0.4, 0.5) is 0 Å². The Kier molecular flexibility index (Phi) is 4.39. The molecule has 1 aromatic heterocycles. The molecule has 0 aliphatic heterocycles. The van der Waals surface area contributed by atoms with Crippen LogP contribution in [-0.2, 0) is 6.54 Å². The zero-order valence-corrected chi connectivity index (χ0v) is 11.5. The van der Waals surface area contributed by atoms with Crippen LogP contribution in [0, 0.1) is 0 Å². The summed E-state index contributed by atoms with van der Waals surface area (Å²) in [5.74, 6) is 0.519. The Bertz CT molecular complexity index is 556. The topological polar surface area (TPSA) is 68.2 Å². The van der Waals surface area contributed by atoms with Crippen molar-refractivity contribution in [2.45, 2.75) is 32.9 Å². The average molecular weight is 259 g/mol. The van der Waals surface area contributed by atoms with Gasteiger partial charge in [0.2, 0.25) is 0 Å². The molecule has 0 aliphatic rings. The van der Waals surface area contributed by atoms with Crippen molar-refractivity contribution in [2.24, 2.45) is 10.7 Å². The fraction of sp³-hybridized carbons (Fsp3) is 0.429. The molecule has 102 valence electrons. The minimum Gasteiger partial charge on any atom is -0.370 e. The van der Waals surface area contributed by atoms with Gasteiger partial charge in [0, 0.05) is 19.1 Å². The Morgan fingerprint density at radius 1 is 1.42 bits per heavy atom. The maximum Gasteiger partial charge on any atom is 0.188 e. The number of hydrogen-bond acceptors (Lipinski definition) is 2. The number of imidazole rings is 1. The summed E-state index contributed by atoms with van der Waals surface area (Å²) in [7, 11) is 0. The number of nitrogens with one attached hydrogen (secondary N) is 1. The minimum atomic E-state index is 0.321. The van der Waals surface area contributed by atoms with Gasteiger partial charge in [0.15, 0.2) is 5.96 Å². The Hall–Kier alpha value is -2.04. The number of benzene rings is 1. The quantitative estimate of drug-likeness (QED) is 0.488. The van der Waals surface area contributed by atoms with Crippen LogP contribution >= 0.6 is 0 Å². The van der Waals surface area contributed by atoms with E-state index in [-0.39, 0.29) is 0 Å². The summed E-state index contributed by atoms with van der Waals surface area (Å²) < 4.78 is 2.15. The van der Waals surface area contributed by atoms with Crippen molar-refractivity contribution in [1.82, 2.24) is 14.9 Å². The molecule has 5 heteroatoms. The standard InChI is InChI=1S/C14H21N5/c1-11(2)18-14(15)16-8-5-9-19-10-17-12-6-3-4-7-13(12)19/h3-4,6-7,10-11H,5,8-9H2,1-2H3,(H3,15,16,18). The fourth-order valence-corrected chi connectivity index (χ4v) is 1.97. The second-order valence-electron chi connectivity index (χ2n) is 4.85. The van der Waals surface area contributed by atoms with E-state index in [4.69, 9.17) is 5.73 Å². The van der Waals surface area contributed by atoms with Gasteiger partial charge in [-0.3, -0.25) is 4.99 Å². The molecule has 5 nitrogen and oxygen atoms in total. The van der Waals surface area contributed by atoms with Crippen LogP contribution in [0.25, 0.3) is 11.0 Å². The molecule has 1 aromatic carbocycles. The lowest BCUT2D eigenvalue weighted by molar-refractivity contribution is 0.660. The lowest BCUT2D eigenvalue weighted by Gasteiger charge is -2.08. The Labute approximate surface area is 113 Å². The summed E-state index contributed by atoms with van der Waals surface area (Å²) in [4.78, 5) is 8.66. The molecular weight excluding hydrogens is 238 g/mol. The van der Waals surface area contributed by atoms with Crippen LogP contribution < -0.4 is 11.1 Å². The van der Waals surface area contributed by atoms with Gasteiger partial charge in [-0.1, -0.05) is 12.1 Å². The number of nitrogens with zero attached hydrogens (tertiary/aromatic N) is 3. The highest BCUT2D eigenvalue weighted by atomic mass is 15.1. The lowest BCUT2D eigenvalue weighted by Crippen LogP contribution is -2.36. The largest absolute Gasteiger partial charge is 0.370 e. The van der Waals surface area contributed by atoms with Crippen molar-refractivity contribution >= 4 is 17.0 Å². The monoisotopic (exact) mass is 259 g/mol. The minimum absolute atomic E-state index is 0.321. The first-order valence-corrected chi connectivity index (χ1v) is 6.63. The molecule has 0 aliphatic carbocycles. The molecule has 2 aromatic rings. The van der Waals surface area contributed by atoms with E-state index in [9.17, 15) is 0 Å². The van der Waals surface area contributed by atoms with E-state index in [2.05, 4.69) is 25.9 Å². The van der Waals surface area contributed by atoms with Crippen LogP contribution in [0.5, 0.6) is 0 Å². The first-order chi connectivity index (χ1) is 9.16. The zero-order chi connectivity index (χ0) is 13.7. The molecule has 2 rings (SSSR count). The normalized spacial score (nSPS) is 12.3. The van der Waals surface area contributed by atoms with E-state index in [1.54, 1.807) is 0 Å². The number of hydrogen-bond donors (Lipinski definition) is 2. The number of aromatic nitrogens is 2. The van der Waals surface area contributed by atoms with E-state index in [0.717, 1.165) is 25.0 Å². The molecule has 1 heterocycles. The smallest absolute Gasteiger partial charge is 0.188 e. The zero-order valence-electron chi connectivity index (χ0n) is 11.5. The van der Waals surface area contributed by atoms with Gasteiger partial charge in [0.25, 0.3) is 0 Å². The molecule has 0 amide bonds. The average Bonchev–Trinajstić information content (AvgIpc) is 2.77. The van der Waals surface area contributed by atoms with Crippen molar-refractivity contribution in [1.29, 1.82) is 0 Å². The number of aryl methyl sites for hydroxylation is 1. The highest BCUT2D eigenvalue weighted by Crippen LogP contribution is 2.11. The first kappa shape index (κ1) is 13.4. The Morgan fingerprint density at radius 3 is 3.00 bits per heavy atom. The molecule has 0 saturated heterocycles. The van der Waals surface area contributed by atoms with E-state index in [1.807, 2.05) is 38.4 Å². The highest BCUT2D eigenvalue weighted by molar-refractivity contribution is 5.78. The summed E-state index contributed by atoms with van der Waals surface area (Å²) in [5.41, 5.74) is 7.95. The van der Waals surface area contributed by atoms with Crippen LogP contribution in [0.2, 0.25) is 0 Å². The number of rotatable bonds is 5. The summed E-state index contributed by atoms with van der Waals surface area (Å²) in [5, 5.41) is 3.07. The van der Waals surface area contributed by atoms with E-state index in [0.29, 0.717) is 12.0 Å². The van der Waals surface area contributed by atoms with Crippen LogP contribution in [0.3, 0.4) is 0 Å². The highest BCUT2D eigenvalue weighted by Gasteiger charge is 2.00. The van der Waals surface area contributed by atoms with Gasteiger partial charge >= 0.3 is 0 Å². The molecule has 3 N–H and O–H groups in total. The van der Waals surface area contributed by atoms with Gasteiger partial charge < -0.3 is 15.6 Å². The van der Waals surface area contributed by atoms with E-state index in [1.165, 1.54) is 5.52 Å². The molecule has 0 fully saturated rings. The van der Waals surface area contributed by atoms with Gasteiger partial charge in [-0.25, -0.2) is 4.98 Å². The van der Waals surface area contributed by atoms with Crippen molar-refractivity contribution in [3.63, 3.8) is 0 Å². The molecule has 0 unspecified atom stereocenters. The molecular formula is C14H21N5. The Morgan fingerprint density at radius 2 is 2.21 bits per heavy atom. The fourth-order valence-electron chi connectivity index (χ4n) is 1.97. The molecule has 0 saturated carbocycles. The third kappa shape index (κ3) is 3.71. The van der Waals surface area contributed by atoms with Crippen molar-refractivity contribution in [2.75, 3.05) is 6.54 Å². The van der Waals surface area contributed by atoms with E-state index < -0.39 is 0 Å². The number of aliphatic imine (C=N–C) groups is 1. The van der Waals surface area contributed by atoms with Gasteiger partial charge in [0.05, 0.1) is 17.4 Å². The SMILES string of the molecule is CC(C)NC(N)=NCCCn1cnc2ccccc21. The second kappa shape index (κ2) is 6.22. The number of guanidine groups is 1. The third-order valence-corrected chi connectivity index (χ3v) is 2.80. The molecule has 0 atom stereocenters. The summed E-state index contributed by atoms with van der Waals surface area (Å²) in [6.45, 7) is 5.71. The third-order valence-electron chi connectivity index (χ3n) is 2.80. The number of para-hydroxylation sites is 2. The van der Waals surface area contributed by atoms with Crippen molar-refractivity contribution in [3.8, 4) is 0 Å². The molecule has 0 radical (unpaired) electrons. The Balaban J connectivity index is 1.86. The summed E-state index contributed by atoms with van der Waals surface area (Å²) in [6.07, 6.45) is 2.82. The summed E-state index contributed by atoms with van der Waals surface area (Å²) in [6, 6.07) is 8.46. The van der Waals surface area contributed by atoms with Crippen LogP contribution in [0.15, 0.2) is 35.6 Å². The first-order valence-electron chi connectivity index (χ1n) is 6.63. The maximum absolute atomic E-state index is 5.74. The predicted octanol–water partition coefficient (Wildman–Crippen LogP) is 1.74. The van der Waals surface area contributed by atoms with Crippen LogP contribution in [0.1, 0.15) is 20.3 Å². The lowest BCUT2D eigenvalue weighted by atomic mass is 10.3. The number of fused-ring (bicyclic) bond motifs is 1. The van der Waals surface area contributed by atoms with Crippen LogP contribution in [-0.4, -0.2) is 28.1 Å². The van der Waals surface area contributed by atoms with Gasteiger partial charge in [-0.05, 0) is 32.4 Å². The molecule has 0 spiro atoms. The predicted molar refractivity (Wildman–Crippen MR) is 79.1 cm³/mol. The van der Waals surface area contributed by atoms with Crippen molar-refractivity contribution < 1.29 is 0 Å². The van der Waals surface area contributed by atoms with Gasteiger partial charge in [-0.2, -0.15) is 0 Å². The van der Waals surface area contributed by atoms with E-state index >= 15 is 0 Å². The van der Waals surface area contributed by atoms with Crippen molar-refractivity contribution in [3.05, 3.63) is 30.6 Å². The number of nitrogens with two attached hydrogens (primary N) is 1. The van der Waals surface area contributed by atoms with Gasteiger partial charge in [-0.15, -0.1) is 0 Å². The van der Waals surface area contributed by atoms with Gasteiger partial charge in [0.1, 0.15) is 0 Å². The maximum atomic E-state index is 5.74. The molecule has 19 heavy (non-hydrogen) atoms. The molecule has 0 bridgehead atoms. The second-order valence-corrected chi connectivity index (χ2v) is 4.85. The summed E-state index contributed by atoms with van der Waals surface area (Å²) >= 11 is 0.